The summed E-state index contributed by atoms with van der Waals surface area (Å²) in [6, 6.07) is 14.7. The highest BCUT2D eigenvalue weighted by Crippen LogP contribution is 2.10. The summed E-state index contributed by atoms with van der Waals surface area (Å²) in [7, 11) is 1.42. The molecule has 2 rings (SSSR count). The highest BCUT2D eigenvalue weighted by Gasteiger charge is 2.02. The first kappa shape index (κ1) is 13.6. The number of carbonyl (C=O) groups is 1. The van der Waals surface area contributed by atoms with Crippen molar-refractivity contribution >= 4 is 17.4 Å². The number of hydrogen-bond donors (Lipinski definition) is 2. The molecule has 0 heterocycles. The predicted octanol–water partition coefficient (Wildman–Crippen LogP) is 2.70. The Kier molecular flexibility index (Phi) is 4.34. The number of methoxy groups -OCH3 is 1. The van der Waals surface area contributed by atoms with E-state index in [1.807, 2.05) is 18.2 Å². The van der Waals surface area contributed by atoms with Crippen LogP contribution in [0.25, 0.3) is 0 Å². The van der Waals surface area contributed by atoms with E-state index in [-0.39, 0.29) is 17.2 Å². The zero-order valence-corrected chi connectivity index (χ0v) is 10.9. The summed E-state index contributed by atoms with van der Waals surface area (Å²) in [5, 5.41) is 5.33. The van der Waals surface area contributed by atoms with Gasteiger partial charge in [0.15, 0.2) is 5.75 Å². The van der Waals surface area contributed by atoms with Gasteiger partial charge in [-0.05, 0) is 36.4 Å². The third kappa shape index (κ3) is 3.58. The van der Waals surface area contributed by atoms with Crippen LogP contribution >= 0.6 is 0 Å². The molecule has 0 aliphatic heterocycles. The van der Waals surface area contributed by atoms with E-state index in [9.17, 15) is 9.59 Å². The number of nitrogens with one attached hydrogen (secondary N) is 2. The smallest absolute Gasteiger partial charge is 0.323 e. The minimum atomic E-state index is -0.381. The number of amides is 2. The van der Waals surface area contributed by atoms with E-state index < -0.39 is 0 Å². The molecule has 102 valence electrons. The van der Waals surface area contributed by atoms with Crippen molar-refractivity contribution in [3.63, 3.8) is 0 Å². The number of para-hydroxylation sites is 1. The quantitative estimate of drug-likeness (QED) is 0.901. The summed E-state index contributed by atoms with van der Waals surface area (Å²) in [5.74, 6) is 0.224. The zero-order valence-electron chi connectivity index (χ0n) is 10.9. The number of benzene rings is 1. The van der Waals surface area contributed by atoms with Crippen LogP contribution in [0.5, 0.6) is 5.75 Å². The van der Waals surface area contributed by atoms with Crippen molar-refractivity contribution in [2.45, 2.75) is 0 Å². The van der Waals surface area contributed by atoms with Gasteiger partial charge in [0.2, 0.25) is 5.43 Å². The normalized spacial score (nSPS) is 9.65. The maximum Gasteiger partial charge on any atom is 0.323 e. The van der Waals surface area contributed by atoms with Crippen LogP contribution in [-0.4, -0.2) is 13.1 Å². The van der Waals surface area contributed by atoms with Gasteiger partial charge in [-0.25, -0.2) is 4.79 Å². The molecule has 0 aromatic heterocycles. The Morgan fingerprint density at radius 2 is 1.50 bits per heavy atom. The third-order valence-electron chi connectivity index (χ3n) is 2.58. The van der Waals surface area contributed by atoms with Crippen LogP contribution in [-0.2, 0) is 0 Å². The lowest BCUT2D eigenvalue weighted by molar-refractivity contribution is 0.262. The van der Waals surface area contributed by atoms with Gasteiger partial charge in [0.25, 0.3) is 0 Å². The maximum absolute atomic E-state index is 11.8. The zero-order chi connectivity index (χ0) is 14.4. The van der Waals surface area contributed by atoms with Crippen LogP contribution in [0, 0.1) is 0 Å². The molecule has 0 aliphatic carbocycles. The van der Waals surface area contributed by atoms with Gasteiger partial charge in [0.05, 0.1) is 7.11 Å². The Morgan fingerprint density at radius 1 is 0.900 bits per heavy atom. The molecule has 0 unspecified atom stereocenters. The standard InChI is InChI=1S/C15H14N2O3/c1-20-14-10-8-12(7-9-13(14)18)17-15(19)16-11-5-3-2-4-6-11/h2-10H,1H3,(H2,16,17,19). The highest BCUT2D eigenvalue weighted by atomic mass is 16.5. The van der Waals surface area contributed by atoms with Gasteiger partial charge < -0.3 is 15.4 Å². The number of anilines is 2. The van der Waals surface area contributed by atoms with Crippen LogP contribution in [0.15, 0.2) is 59.4 Å². The highest BCUT2D eigenvalue weighted by molar-refractivity contribution is 5.99. The Hall–Kier alpha value is -2.82. The van der Waals surface area contributed by atoms with E-state index in [0.29, 0.717) is 11.4 Å². The van der Waals surface area contributed by atoms with Gasteiger partial charge in [-0.15, -0.1) is 0 Å². The van der Waals surface area contributed by atoms with Crippen molar-refractivity contribution in [3.05, 3.63) is 64.8 Å². The van der Waals surface area contributed by atoms with Crippen molar-refractivity contribution in [1.29, 1.82) is 0 Å². The first-order chi connectivity index (χ1) is 9.69. The fourth-order valence-electron chi connectivity index (χ4n) is 1.62. The molecule has 5 heteroatoms. The number of ether oxygens (including phenoxy) is 1. The molecule has 2 N–H and O–H groups in total. The lowest BCUT2D eigenvalue weighted by Gasteiger charge is -2.06. The number of urea groups is 1. The molecule has 0 atom stereocenters. The van der Waals surface area contributed by atoms with Crippen molar-refractivity contribution in [2.75, 3.05) is 17.7 Å². The van der Waals surface area contributed by atoms with Gasteiger partial charge in [0.1, 0.15) is 0 Å². The summed E-state index contributed by atoms with van der Waals surface area (Å²) < 4.78 is 4.92. The average Bonchev–Trinajstić information content (AvgIpc) is 2.62. The minimum Gasteiger partial charge on any atom is -0.493 e. The van der Waals surface area contributed by atoms with Gasteiger partial charge in [-0.1, -0.05) is 18.2 Å². The molecule has 0 radical (unpaired) electrons. The van der Waals surface area contributed by atoms with Gasteiger partial charge in [-0.3, -0.25) is 4.79 Å². The topological polar surface area (TPSA) is 67.4 Å². The van der Waals surface area contributed by atoms with Crippen LogP contribution < -0.4 is 20.8 Å². The van der Waals surface area contributed by atoms with Crippen molar-refractivity contribution < 1.29 is 9.53 Å². The van der Waals surface area contributed by atoms with Gasteiger partial charge in [0, 0.05) is 11.4 Å². The van der Waals surface area contributed by atoms with E-state index >= 15 is 0 Å². The van der Waals surface area contributed by atoms with E-state index in [2.05, 4.69) is 10.6 Å². The second-order valence-electron chi connectivity index (χ2n) is 4.00. The van der Waals surface area contributed by atoms with Gasteiger partial charge >= 0.3 is 6.03 Å². The molecule has 2 aromatic carbocycles. The van der Waals surface area contributed by atoms with E-state index in [4.69, 9.17) is 4.74 Å². The monoisotopic (exact) mass is 270 g/mol. The fraction of sp³-hybridized carbons (Fsp3) is 0.0667. The third-order valence-corrected chi connectivity index (χ3v) is 2.58. The van der Waals surface area contributed by atoms with Crippen LogP contribution in [0.2, 0.25) is 0 Å². The molecule has 5 nitrogen and oxygen atoms in total. The lowest BCUT2D eigenvalue weighted by atomic mass is 10.3. The van der Waals surface area contributed by atoms with E-state index in [1.54, 1.807) is 18.2 Å². The SMILES string of the molecule is COc1ccc(NC(=O)Nc2ccccc2)ccc1=O. The minimum absolute atomic E-state index is 0.224. The number of rotatable bonds is 3. The molecule has 0 spiro atoms. The summed E-state index contributed by atoms with van der Waals surface area (Å²) in [4.78, 5) is 23.3. The summed E-state index contributed by atoms with van der Waals surface area (Å²) in [6.07, 6.45) is 0. The first-order valence-electron chi connectivity index (χ1n) is 6.00. The second kappa shape index (κ2) is 6.38. The second-order valence-corrected chi connectivity index (χ2v) is 4.00. The molecule has 20 heavy (non-hydrogen) atoms. The van der Waals surface area contributed by atoms with Crippen molar-refractivity contribution in [1.82, 2.24) is 0 Å². The molecule has 0 saturated heterocycles. The molecule has 2 aromatic rings. The Labute approximate surface area is 116 Å². The largest absolute Gasteiger partial charge is 0.493 e. The maximum atomic E-state index is 11.8. The van der Waals surface area contributed by atoms with Crippen LogP contribution in [0.1, 0.15) is 0 Å². The summed E-state index contributed by atoms with van der Waals surface area (Å²) in [5.41, 5.74) is 0.940. The molecule has 2 amide bonds. The molecular weight excluding hydrogens is 256 g/mol. The fourth-order valence-corrected chi connectivity index (χ4v) is 1.62. The Morgan fingerprint density at radius 3 is 2.15 bits per heavy atom. The average molecular weight is 270 g/mol. The summed E-state index contributed by atoms with van der Waals surface area (Å²) in [6.45, 7) is 0. The predicted molar refractivity (Wildman–Crippen MR) is 78.3 cm³/mol. The number of carbonyl (C=O) groups excluding carboxylic acids is 1. The van der Waals surface area contributed by atoms with Crippen LogP contribution in [0.3, 0.4) is 0 Å². The molecule has 0 saturated carbocycles. The van der Waals surface area contributed by atoms with Crippen molar-refractivity contribution in [2.24, 2.45) is 0 Å². The molecular formula is C15H14N2O3. The van der Waals surface area contributed by atoms with Crippen molar-refractivity contribution in [3.8, 4) is 5.75 Å². The van der Waals surface area contributed by atoms with Crippen LogP contribution in [0.4, 0.5) is 16.2 Å². The molecule has 0 aliphatic rings. The van der Waals surface area contributed by atoms with Gasteiger partial charge in [-0.2, -0.15) is 0 Å². The number of hydrogen-bond acceptors (Lipinski definition) is 3. The molecule has 0 bridgehead atoms. The Balaban J connectivity index is 2.09. The lowest BCUT2D eigenvalue weighted by Crippen LogP contribution is -2.19. The van der Waals surface area contributed by atoms with E-state index in [0.717, 1.165) is 0 Å². The summed E-state index contributed by atoms with van der Waals surface area (Å²) >= 11 is 0. The first-order valence-corrected chi connectivity index (χ1v) is 6.00. The molecule has 0 fully saturated rings. The Bertz CT molecular complexity index is 657. The van der Waals surface area contributed by atoms with E-state index in [1.165, 1.54) is 25.3 Å².